The van der Waals surface area contributed by atoms with E-state index >= 15 is 0 Å². The molecular formula is C13H27NOS. The van der Waals surface area contributed by atoms with Crippen molar-refractivity contribution in [2.75, 3.05) is 12.3 Å². The number of nitrogens with one attached hydrogen (secondary N) is 1. The molecule has 96 valence electrons. The van der Waals surface area contributed by atoms with Crippen molar-refractivity contribution in [1.29, 1.82) is 0 Å². The molecule has 4 atom stereocenters. The molecule has 3 heteroatoms. The third kappa shape index (κ3) is 3.85. The summed E-state index contributed by atoms with van der Waals surface area (Å²) in [6, 6.07) is 0.436. The van der Waals surface area contributed by atoms with E-state index in [0.29, 0.717) is 29.0 Å². The Labute approximate surface area is 103 Å². The Bertz CT molecular complexity index is 240. The Kier molecular flexibility index (Phi) is 5.45. The highest BCUT2D eigenvalue weighted by atomic mass is 32.2. The minimum Gasteiger partial charge on any atom is -0.312 e. The molecule has 1 heterocycles. The van der Waals surface area contributed by atoms with E-state index in [2.05, 4.69) is 39.9 Å². The van der Waals surface area contributed by atoms with Crippen molar-refractivity contribution in [3.63, 3.8) is 0 Å². The molecule has 4 unspecified atom stereocenters. The van der Waals surface area contributed by atoms with Crippen LogP contribution >= 0.6 is 0 Å². The van der Waals surface area contributed by atoms with E-state index in [1.807, 2.05) is 0 Å². The first-order valence-corrected chi connectivity index (χ1v) is 7.90. The summed E-state index contributed by atoms with van der Waals surface area (Å²) in [5.74, 6) is 2.58. The maximum absolute atomic E-state index is 12.3. The van der Waals surface area contributed by atoms with Crippen LogP contribution in [0.25, 0.3) is 0 Å². The zero-order chi connectivity index (χ0) is 12.3. The molecule has 1 aliphatic heterocycles. The van der Waals surface area contributed by atoms with E-state index in [9.17, 15) is 4.21 Å². The molecule has 0 aliphatic carbocycles. The van der Waals surface area contributed by atoms with Crippen LogP contribution in [0.5, 0.6) is 0 Å². The average Bonchev–Trinajstić information content (AvgIpc) is 2.24. The fraction of sp³-hybridized carbons (Fsp3) is 1.00. The van der Waals surface area contributed by atoms with Gasteiger partial charge < -0.3 is 5.32 Å². The van der Waals surface area contributed by atoms with Gasteiger partial charge in [-0.1, -0.05) is 34.6 Å². The highest BCUT2D eigenvalue weighted by molar-refractivity contribution is 7.85. The molecule has 1 aliphatic rings. The molecule has 1 fully saturated rings. The molecule has 0 aromatic carbocycles. The van der Waals surface area contributed by atoms with Gasteiger partial charge in [-0.2, -0.15) is 0 Å². The van der Waals surface area contributed by atoms with Crippen LogP contribution in [-0.2, 0) is 10.8 Å². The Morgan fingerprint density at radius 2 is 1.94 bits per heavy atom. The quantitative estimate of drug-likeness (QED) is 0.827. The minimum atomic E-state index is -0.665. The molecule has 1 N–H and O–H groups in total. The van der Waals surface area contributed by atoms with E-state index in [1.165, 1.54) is 0 Å². The van der Waals surface area contributed by atoms with E-state index < -0.39 is 10.8 Å². The first kappa shape index (κ1) is 14.2. The zero-order valence-corrected chi connectivity index (χ0v) is 12.1. The van der Waals surface area contributed by atoms with E-state index in [4.69, 9.17) is 0 Å². The summed E-state index contributed by atoms with van der Waals surface area (Å²) in [6.07, 6.45) is 1.14. The minimum absolute atomic E-state index is 0.326. The van der Waals surface area contributed by atoms with Crippen molar-refractivity contribution >= 4 is 10.8 Å². The maximum Gasteiger partial charge on any atom is 0.0524 e. The Morgan fingerprint density at radius 3 is 2.44 bits per heavy atom. The molecule has 0 radical (unpaired) electrons. The molecule has 16 heavy (non-hydrogen) atoms. The summed E-state index contributed by atoms with van der Waals surface area (Å²) in [4.78, 5) is 0. The fourth-order valence-corrected chi connectivity index (χ4v) is 4.68. The van der Waals surface area contributed by atoms with Crippen LogP contribution in [0.1, 0.15) is 41.0 Å². The van der Waals surface area contributed by atoms with Crippen molar-refractivity contribution in [2.45, 2.75) is 52.3 Å². The van der Waals surface area contributed by atoms with Crippen molar-refractivity contribution in [3.05, 3.63) is 0 Å². The van der Waals surface area contributed by atoms with Gasteiger partial charge in [0.05, 0.1) is 5.25 Å². The molecule has 1 saturated heterocycles. The number of rotatable bonds is 3. The first-order valence-electron chi connectivity index (χ1n) is 6.52. The number of hydrogen-bond donors (Lipinski definition) is 1. The standard InChI is InChI=1S/C13H27NOS/c1-9(2)6-12-13(10(3)4)16(15)8-11(5)7-14-12/h9-14H,6-8H2,1-5H3. The lowest BCUT2D eigenvalue weighted by atomic mass is 9.95. The van der Waals surface area contributed by atoms with Crippen LogP contribution in [-0.4, -0.2) is 27.8 Å². The highest BCUT2D eigenvalue weighted by Gasteiger charge is 2.33. The van der Waals surface area contributed by atoms with Gasteiger partial charge >= 0.3 is 0 Å². The van der Waals surface area contributed by atoms with E-state index in [0.717, 1.165) is 18.7 Å². The second kappa shape index (κ2) is 6.15. The van der Waals surface area contributed by atoms with Crippen molar-refractivity contribution in [1.82, 2.24) is 5.32 Å². The van der Waals surface area contributed by atoms with Gasteiger partial charge in [0.25, 0.3) is 0 Å². The van der Waals surface area contributed by atoms with Gasteiger partial charge in [-0.05, 0) is 30.7 Å². The normalized spacial score (nSPS) is 36.7. The van der Waals surface area contributed by atoms with Gasteiger partial charge in [-0.15, -0.1) is 0 Å². The van der Waals surface area contributed by atoms with Gasteiger partial charge in [0.1, 0.15) is 0 Å². The summed E-state index contributed by atoms with van der Waals surface area (Å²) in [5.41, 5.74) is 0. The van der Waals surface area contributed by atoms with Crippen LogP contribution in [0, 0.1) is 17.8 Å². The van der Waals surface area contributed by atoms with Crippen molar-refractivity contribution in [3.8, 4) is 0 Å². The predicted octanol–water partition coefficient (Wildman–Crippen LogP) is 2.41. The van der Waals surface area contributed by atoms with Gasteiger partial charge in [0.15, 0.2) is 0 Å². The summed E-state index contributed by atoms with van der Waals surface area (Å²) in [5, 5.41) is 3.96. The highest BCUT2D eigenvalue weighted by Crippen LogP contribution is 2.23. The Hall–Kier alpha value is 0.110. The smallest absolute Gasteiger partial charge is 0.0524 e. The third-order valence-electron chi connectivity index (χ3n) is 3.26. The van der Waals surface area contributed by atoms with Crippen molar-refractivity contribution in [2.24, 2.45) is 17.8 Å². The average molecular weight is 245 g/mol. The molecular weight excluding hydrogens is 218 g/mol. The summed E-state index contributed by atoms with van der Waals surface area (Å²) < 4.78 is 12.3. The topological polar surface area (TPSA) is 29.1 Å². The second-order valence-electron chi connectivity index (χ2n) is 6.01. The molecule has 0 aromatic rings. The van der Waals surface area contributed by atoms with Gasteiger partial charge in [0, 0.05) is 22.6 Å². The lowest BCUT2D eigenvalue weighted by Crippen LogP contribution is -2.44. The predicted molar refractivity (Wildman–Crippen MR) is 72.0 cm³/mol. The zero-order valence-electron chi connectivity index (χ0n) is 11.3. The summed E-state index contributed by atoms with van der Waals surface area (Å²) in [6.45, 7) is 12.1. The largest absolute Gasteiger partial charge is 0.312 e. The van der Waals surface area contributed by atoms with Crippen LogP contribution in [0.2, 0.25) is 0 Å². The van der Waals surface area contributed by atoms with Gasteiger partial charge in [0.2, 0.25) is 0 Å². The number of hydrogen-bond acceptors (Lipinski definition) is 2. The second-order valence-corrected chi connectivity index (χ2v) is 7.64. The fourth-order valence-electron chi connectivity index (χ4n) is 2.60. The van der Waals surface area contributed by atoms with Crippen LogP contribution in [0.3, 0.4) is 0 Å². The van der Waals surface area contributed by atoms with Crippen LogP contribution in [0.4, 0.5) is 0 Å². The summed E-state index contributed by atoms with van der Waals surface area (Å²) >= 11 is 0. The Balaban J connectivity index is 2.79. The Morgan fingerprint density at radius 1 is 1.31 bits per heavy atom. The van der Waals surface area contributed by atoms with Crippen LogP contribution < -0.4 is 5.32 Å². The molecule has 0 spiro atoms. The molecule has 0 bridgehead atoms. The molecule has 0 saturated carbocycles. The SMILES string of the molecule is CC(C)CC1NCC(C)CS(=O)C1C(C)C. The lowest BCUT2D eigenvalue weighted by Gasteiger charge is -2.29. The lowest BCUT2D eigenvalue weighted by molar-refractivity contribution is 0.362. The van der Waals surface area contributed by atoms with E-state index in [1.54, 1.807) is 0 Å². The molecule has 1 rings (SSSR count). The third-order valence-corrected chi connectivity index (χ3v) is 5.64. The monoisotopic (exact) mass is 245 g/mol. The van der Waals surface area contributed by atoms with E-state index in [-0.39, 0.29) is 0 Å². The molecule has 0 aromatic heterocycles. The maximum atomic E-state index is 12.3. The van der Waals surface area contributed by atoms with Gasteiger partial charge in [-0.25, -0.2) is 0 Å². The first-order chi connectivity index (χ1) is 7.41. The van der Waals surface area contributed by atoms with Gasteiger partial charge in [-0.3, -0.25) is 4.21 Å². The molecule has 0 amide bonds. The van der Waals surface area contributed by atoms with Crippen molar-refractivity contribution < 1.29 is 4.21 Å². The molecule has 2 nitrogen and oxygen atoms in total. The summed E-state index contributed by atoms with van der Waals surface area (Å²) in [7, 11) is -0.665. The van der Waals surface area contributed by atoms with Crippen LogP contribution in [0.15, 0.2) is 0 Å².